The fraction of sp³-hybridized carbons (Fsp3) is 0.235. The lowest BCUT2D eigenvalue weighted by Gasteiger charge is -2.14. The summed E-state index contributed by atoms with van der Waals surface area (Å²) in [6, 6.07) is 21.6. The number of nitrogens with zero attached hydrogens (tertiary/aromatic N) is 1. The van der Waals surface area contributed by atoms with Gasteiger partial charge < -0.3 is 10.1 Å². The third kappa shape index (κ3) is 3.18. The molecule has 1 aliphatic heterocycles. The minimum absolute atomic E-state index is 0.0826. The molecule has 102 valence electrons. The Morgan fingerprint density at radius 1 is 1.00 bits per heavy atom. The van der Waals surface area contributed by atoms with Crippen molar-refractivity contribution in [3.63, 3.8) is 0 Å². The van der Waals surface area contributed by atoms with Gasteiger partial charge in [0.25, 0.3) is 6.02 Å². The van der Waals surface area contributed by atoms with E-state index < -0.39 is 0 Å². The van der Waals surface area contributed by atoms with Gasteiger partial charge in [0.1, 0.15) is 6.61 Å². The van der Waals surface area contributed by atoms with E-state index >= 15 is 0 Å². The van der Waals surface area contributed by atoms with Crippen molar-refractivity contribution in [3.05, 3.63) is 71.8 Å². The summed E-state index contributed by atoms with van der Waals surface area (Å²) in [5.74, 6) is 0. The molecule has 0 aliphatic carbocycles. The highest BCUT2D eigenvalue weighted by Gasteiger charge is 2.15. The van der Waals surface area contributed by atoms with Gasteiger partial charge in [-0.2, -0.15) is 0 Å². The highest BCUT2D eigenvalue weighted by atomic mass is 16.5. The molecule has 0 radical (unpaired) electrons. The summed E-state index contributed by atoms with van der Waals surface area (Å²) in [6.07, 6.45) is 0.874. The molecule has 20 heavy (non-hydrogen) atoms. The van der Waals surface area contributed by atoms with E-state index in [-0.39, 0.29) is 6.04 Å². The van der Waals surface area contributed by atoms with Gasteiger partial charge in [-0.05, 0) is 17.5 Å². The molecule has 0 saturated carbocycles. The molecule has 2 aromatic carbocycles. The lowest BCUT2D eigenvalue weighted by atomic mass is 9.99. The van der Waals surface area contributed by atoms with Crippen LogP contribution in [0.2, 0.25) is 0 Å². The van der Waals surface area contributed by atoms with Crippen LogP contribution < -0.4 is 5.32 Å². The second kappa shape index (κ2) is 6.24. The first-order valence-electron chi connectivity index (χ1n) is 6.95. The highest BCUT2D eigenvalue weighted by molar-refractivity contribution is 5.75. The number of benzene rings is 2. The van der Waals surface area contributed by atoms with Crippen LogP contribution in [0.1, 0.15) is 17.2 Å². The topological polar surface area (TPSA) is 33.6 Å². The van der Waals surface area contributed by atoms with E-state index in [1.807, 2.05) is 12.1 Å². The predicted molar refractivity (Wildman–Crippen MR) is 80.7 cm³/mol. The van der Waals surface area contributed by atoms with Crippen LogP contribution in [0.15, 0.2) is 65.7 Å². The summed E-state index contributed by atoms with van der Waals surface area (Å²) in [5, 5.41) is 3.17. The van der Waals surface area contributed by atoms with Crippen LogP contribution in [0, 0.1) is 0 Å². The van der Waals surface area contributed by atoms with Crippen LogP contribution >= 0.6 is 0 Å². The van der Waals surface area contributed by atoms with E-state index in [1.165, 1.54) is 11.1 Å². The van der Waals surface area contributed by atoms with E-state index in [0.717, 1.165) is 13.0 Å². The molecule has 2 aromatic rings. The van der Waals surface area contributed by atoms with Gasteiger partial charge in [0.15, 0.2) is 0 Å². The van der Waals surface area contributed by atoms with Gasteiger partial charge in [0.05, 0.1) is 12.6 Å². The molecule has 1 atom stereocenters. The second-order valence-electron chi connectivity index (χ2n) is 4.83. The Hall–Kier alpha value is -2.29. The number of nitrogens with one attached hydrogen (secondary N) is 1. The van der Waals surface area contributed by atoms with Gasteiger partial charge in [-0.3, -0.25) is 0 Å². The average Bonchev–Trinajstić information content (AvgIpc) is 3.02. The monoisotopic (exact) mass is 266 g/mol. The third-order valence-electron chi connectivity index (χ3n) is 3.35. The van der Waals surface area contributed by atoms with Crippen molar-refractivity contribution in [1.82, 2.24) is 5.32 Å². The SMILES string of the molecule is c1ccc(CC(/N=C2/NCCO2)c2ccccc2)cc1. The molecule has 1 unspecified atom stereocenters. The maximum Gasteiger partial charge on any atom is 0.285 e. The summed E-state index contributed by atoms with van der Waals surface area (Å²) < 4.78 is 5.48. The van der Waals surface area contributed by atoms with Gasteiger partial charge >= 0.3 is 0 Å². The molecule has 1 aliphatic rings. The van der Waals surface area contributed by atoms with Gasteiger partial charge in [0.2, 0.25) is 0 Å². The predicted octanol–water partition coefficient (Wildman–Crippen LogP) is 2.95. The number of hydrogen-bond acceptors (Lipinski definition) is 2. The lowest BCUT2D eigenvalue weighted by Crippen LogP contribution is -2.17. The maximum absolute atomic E-state index is 5.48. The molecule has 1 saturated heterocycles. The number of rotatable bonds is 4. The Labute approximate surface area is 119 Å². The van der Waals surface area contributed by atoms with Crippen LogP contribution in [0.3, 0.4) is 0 Å². The van der Waals surface area contributed by atoms with Crippen molar-refractivity contribution >= 4 is 6.02 Å². The van der Waals surface area contributed by atoms with Crippen molar-refractivity contribution in [2.75, 3.05) is 13.2 Å². The van der Waals surface area contributed by atoms with Crippen molar-refractivity contribution in [2.45, 2.75) is 12.5 Å². The van der Waals surface area contributed by atoms with Crippen LogP contribution in [0.25, 0.3) is 0 Å². The first-order chi connectivity index (χ1) is 9.92. The first-order valence-corrected chi connectivity index (χ1v) is 6.95. The van der Waals surface area contributed by atoms with E-state index in [2.05, 4.69) is 53.8 Å². The molecule has 0 amide bonds. The lowest BCUT2D eigenvalue weighted by molar-refractivity contribution is 0.348. The Balaban J connectivity index is 1.85. The zero-order valence-corrected chi connectivity index (χ0v) is 11.3. The maximum atomic E-state index is 5.48. The van der Waals surface area contributed by atoms with Crippen molar-refractivity contribution < 1.29 is 4.74 Å². The molecule has 3 heteroatoms. The summed E-state index contributed by atoms with van der Waals surface area (Å²) in [4.78, 5) is 4.72. The summed E-state index contributed by atoms with van der Waals surface area (Å²) in [6.45, 7) is 1.54. The Kier molecular flexibility index (Phi) is 3.97. The van der Waals surface area contributed by atoms with Gasteiger partial charge in [-0.15, -0.1) is 0 Å². The molecular weight excluding hydrogens is 248 g/mol. The van der Waals surface area contributed by atoms with Crippen molar-refractivity contribution in [1.29, 1.82) is 0 Å². The van der Waals surface area contributed by atoms with Gasteiger partial charge in [-0.1, -0.05) is 60.7 Å². The van der Waals surface area contributed by atoms with Crippen LogP contribution in [0.5, 0.6) is 0 Å². The summed E-state index contributed by atoms with van der Waals surface area (Å²) in [7, 11) is 0. The van der Waals surface area contributed by atoms with E-state index in [9.17, 15) is 0 Å². The molecule has 3 rings (SSSR count). The van der Waals surface area contributed by atoms with Crippen molar-refractivity contribution in [3.8, 4) is 0 Å². The normalized spacial score (nSPS) is 17.5. The average molecular weight is 266 g/mol. The molecule has 0 spiro atoms. The Morgan fingerprint density at radius 2 is 1.70 bits per heavy atom. The first kappa shape index (κ1) is 12.7. The minimum atomic E-state index is 0.0826. The van der Waals surface area contributed by atoms with Crippen LogP contribution in [-0.4, -0.2) is 19.2 Å². The number of hydrogen-bond donors (Lipinski definition) is 1. The van der Waals surface area contributed by atoms with E-state index in [4.69, 9.17) is 9.73 Å². The van der Waals surface area contributed by atoms with E-state index in [1.54, 1.807) is 0 Å². The number of aliphatic imine (C=N–C) groups is 1. The van der Waals surface area contributed by atoms with Crippen molar-refractivity contribution in [2.24, 2.45) is 4.99 Å². The molecule has 0 aromatic heterocycles. The summed E-state index contributed by atoms with van der Waals surface area (Å²) in [5.41, 5.74) is 2.49. The largest absolute Gasteiger partial charge is 0.463 e. The zero-order chi connectivity index (χ0) is 13.6. The quantitative estimate of drug-likeness (QED) is 0.923. The third-order valence-corrected chi connectivity index (χ3v) is 3.35. The molecule has 1 N–H and O–H groups in total. The fourth-order valence-corrected chi connectivity index (χ4v) is 2.33. The van der Waals surface area contributed by atoms with E-state index in [0.29, 0.717) is 12.6 Å². The van der Waals surface area contributed by atoms with Crippen LogP contribution in [-0.2, 0) is 11.2 Å². The van der Waals surface area contributed by atoms with Gasteiger partial charge in [0, 0.05) is 0 Å². The standard InChI is InChI=1S/C17H18N2O/c1-3-7-14(8-4-1)13-16(15-9-5-2-6-10-15)19-17-18-11-12-20-17/h1-10,16H,11-13H2,(H,18,19). The Morgan fingerprint density at radius 3 is 2.35 bits per heavy atom. The fourth-order valence-electron chi connectivity index (χ4n) is 2.33. The van der Waals surface area contributed by atoms with Gasteiger partial charge in [-0.25, -0.2) is 4.99 Å². The smallest absolute Gasteiger partial charge is 0.285 e. The van der Waals surface area contributed by atoms with Crippen LogP contribution in [0.4, 0.5) is 0 Å². The molecule has 1 heterocycles. The second-order valence-corrected chi connectivity index (χ2v) is 4.83. The molecule has 3 nitrogen and oxygen atoms in total. The zero-order valence-electron chi connectivity index (χ0n) is 11.3. The summed E-state index contributed by atoms with van der Waals surface area (Å²) >= 11 is 0. The molecule has 0 bridgehead atoms. The molecular formula is C17H18N2O. The number of amidine groups is 1. The molecule has 1 fully saturated rings. The Bertz CT molecular complexity index is 558. The number of ether oxygens (including phenoxy) is 1. The minimum Gasteiger partial charge on any atom is -0.463 e. The highest BCUT2D eigenvalue weighted by Crippen LogP contribution is 2.22.